The molecule has 0 aromatic heterocycles. The molecule has 2 aliphatic heterocycles. The van der Waals surface area contributed by atoms with Gasteiger partial charge in [0.1, 0.15) is 11.9 Å². The fourth-order valence-electron chi connectivity index (χ4n) is 3.73. The highest BCUT2D eigenvalue weighted by atomic mass is 19.1. The van der Waals surface area contributed by atoms with Gasteiger partial charge in [0.25, 0.3) is 5.91 Å². The minimum Gasteiger partial charge on any atom is -0.352 e. The highest BCUT2D eigenvalue weighted by molar-refractivity contribution is 6.00. The first-order chi connectivity index (χ1) is 13.5. The Labute approximate surface area is 161 Å². The molecule has 1 N–H and O–H groups in total. The lowest BCUT2D eigenvalue weighted by atomic mass is 10.0. The Morgan fingerprint density at radius 1 is 1.00 bits per heavy atom. The predicted molar refractivity (Wildman–Crippen MR) is 101 cm³/mol. The molecule has 3 amide bonds. The van der Waals surface area contributed by atoms with Crippen LogP contribution < -0.4 is 10.2 Å². The monoisotopic (exact) mass is 381 g/mol. The molecule has 2 aromatic carbocycles. The second-order valence-corrected chi connectivity index (χ2v) is 6.94. The van der Waals surface area contributed by atoms with Crippen LogP contribution in [-0.4, -0.2) is 42.3 Å². The van der Waals surface area contributed by atoms with E-state index in [2.05, 4.69) is 5.32 Å². The number of carbonyl (C=O) groups is 3. The number of hydrogen-bond donors (Lipinski definition) is 1. The number of nitrogens with one attached hydrogen (secondary N) is 1. The summed E-state index contributed by atoms with van der Waals surface area (Å²) in [4.78, 5) is 40.6. The number of halogens is 1. The molecular formula is C21H20FN3O3. The number of nitrogens with zero attached hydrogens (tertiary/aromatic N) is 2. The van der Waals surface area contributed by atoms with E-state index in [9.17, 15) is 18.8 Å². The summed E-state index contributed by atoms with van der Waals surface area (Å²) in [7, 11) is 0. The smallest absolute Gasteiger partial charge is 0.254 e. The molecule has 144 valence electrons. The molecule has 7 heteroatoms. The van der Waals surface area contributed by atoms with Crippen LogP contribution in [-0.2, 0) is 9.59 Å². The van der Waals surface area contributed by atoms with Crippen molar-refractivity contribution in [1.82, 2.24) is 10.2 Å². The van der Waals surface area contributed by atoms with Crippen molar-refractivity contribution in [3.8, 4) is 0 Å². The Hall–Kier alpha value is -3.22. The maximum Gasteiger partial charge on any atom is 0.254 e. The number of rotatable bonds is 3. The summed E-state index contributed by atoms with van der Waals surface area (Å²) in [5.74, 6) is -0.873. The van der Waals surface area contributed by atoms with Crippen LogP contribution in [0.3, 0.4) is 0 Å². The van der Waals surface area contributed by atoms with E-state index in [1.54, 1.807) is 29.2 Å². The van der Waals surface area contributed by atoms with E-state index in [1.165, 1.54) is 29.2 Å². The van der Waals surface area contributed by atoms with Crippen LogP contribution >= 0.6 is 0 Å². The van der Waals surface area contributed by atoms with Crippen LogP contribution in [0, 0.1) is 5.82 Å². The minimum atomic E-state index is -0.804. The van der Waals surface area contributed by atoms with Gasteiger partial charge >= 0.3 is 0 Å². The van der Waals surface area contributed by atoms with Crippen molar-refractivity contribution in [1.29, 1.82) is 0 Å². The first kappa shape index (κ1) is 18.2. The fraction of sp³-hybridized carbons (Fsp3) is 0.286. The van der Waals surface area contributed by atoms with E-state index in [0.717, 1.165) is 12.1 Å². The quantitative estimate of drug-likeness (QED) is 0.887. The van der Waals surface area contributed by atoms with Gasteiger partial charge in [0.15, 0.2) is 0 Å². The maximum absolute atomic E-state index is 13.3. The van der Waals surface area contributed by atoms with Crippen LogP contribution in [0.25, 0.3) is 0 Å². The summed E-state index contributed by atoms with van der Waals surface area (Å²) in [5.41, 5.74) is 1.77. The van der Waals surface area contributed by atoms with Crippen LogP contribution in [0.4, 0.5) is 10.1 Å². The molecule has 0 radical (unpaired) electrons. The molecule has 2 aliphatic rings. The van der Waals surface area contributed by atoms with Gasteiger partial charge in [0.2, 0.25) is 11.8 Å². The minimum absolute atomic E-state index is 0.0863. The summed E-state index contributed by atoms with van der Waals surface area (Å²) >= 11 is 0. The Kier molecular flexibility index (Phi) is 4.81. The largest absolute Gasteiger partial charge is 0.352 e. The van der Waals surface area contributed by atoms with Gasteiger partial charge in [-0.3, -0.25) is 14.4 Å². The van der Waals surface area contributed by atoms with E-state index in [4.69, 9.17) is 0 Å². The van der Waals surface area contributed by atoms with Gasteiger partial charge in [0.05, 0.1) is 0 Å². The van der Waals surface area contributed by atoms with Crippen LogP contribution in [0.1, 0.15) is 34.8 Å². The highest BCUT2D eigenvalue weighted by Gasteiger charge is 2.35. The molecule has 2 fully saturated rings. The van der Waals surface area contributed by atoms with Gasteiger partial charge in [-0.15, -0.1) is 0 Å². The highest BCUT2D eigenvalue weighted by Crippen LogP contribution is 2.27. The van der Waals surface area contributed by atoms with Crippen molar-refractivity contribution >= 4 is 23.4 Å². The first-order valence-corrected chi connectivity index (χ1v) is 9.29. The zero-order valence-corrected chi connectivity index (χ0v) is 15.2. The van der Waals surface area contributed by atoms with Gasteiger partial charge in [-0.2, -0.15) is 0 Å². The van der Waals surface area contributed by atoms with E-state index in [-0.39, 0.29) is 17.7 Å². The van der Waals surface area contributed by atoms with Gasteiger partial charge in [-0.1, -0.05) is 12.1 Å². The molecule has 0 aliphatic carbocycles. The van der Waals surface area contributed by atoms with Crippen LogP contribution in [0.5, 0.6) is 0 Å². The third kappa shape index (κ3) is 3.35. The Balaban J connectivity index is 1.59. The van der Waals surface area contributed by atoms with Crippen LogP contribution in [0.15, 0.2) is 48.5 Å². The fourth-order valence-corrected chi connectivity index (χ4v) is 3.73. The summed E-state index contributed by atoms with van der Waals surface area (Å²) in [6, 6.07) is 11.7. The van der Waals surface area contributed by atoms with Crippen molar-refractivity contribution in [2.45, 2.75) is 18.9 Å². The predicted octanol–water partition coefficient (Wildman–Crippen LogP) is 2.27. The van der Waals surface area contributed by atoms with Gasteiger partial charge in [0, 0.05) is 37.3 Å². The number of hydrogen-bond acceptors (Lipinski definition) is 3. The Bertz CT molecular complexity index is 911. The molecule has 0 saturated carbocycles. The van der Waals surface area contributed by atoms with E-state index >= 15 is 0 Å². The molecule has 0 spiro atoms. The molecule has 28 heavy (non-hydrogen) atoms. The lowest BCUT2D eigenvalue weighted by Gasteiger charge is -2.35. The van der Waals surface area contributed by atoms with E-state index < -0.39 is 11.9 Å². The summed E-state index contributed by atoms with van der Waals surface area (Å²) in [6.07, 6.45) is 1.38. The standard InChI is InChI=1S/C21H20FN3O3/c22-16-7-3-14(4-8-16)19-20(27)23-11-13-25(19)21(28)15-5-9-17(10-6-15)24-12-1-2-18(24)26/h3-10,19H,1-2,11-13H2,(H,23,27). The maximum atomic E-state index is 13.3. The molecule has 6 nitrogen and oxygen atoms in total. The second kappa shape index (κ2) is 7.42. The average Bonchev–Trinajstić information content (AvgIpc) is 3.14. The number of benzene rings is 2. The van der Waals surface area contributed by atoms with Gasteiger partial charge in [-0.05, 0) is 48.4 Å². The molecule has 1 unspecified atom stereocenters. The Morgan fingerprint density at radius 3 is 2.36 bits per heavy atom. The first-order valence-electron chi connectivity index (χ1n) is 9.29. The molecule has 0 bridgehead atoms. The molecule has 2 saturated heterocycles. The summed E-state index contributed by atoms with van der Waals surface area (Å²) in [6.45, 7) is 1.41. The SMILES string of the molecule is O=C1NCCN(C(=O)c2ccc(N3CCCC3=O)cc2)C1c1ccc(F)cc1. The molecule has 1 atom stereocenters. The summed E-state index contributed by atoms with van der Waals surface area (Å²) < 4.78 is 13.3. The van der Waals surface area contributed by atoms with Crippen molar-refractivity contribution in [3.05, 3.63) is 65.5 Å². The third-order valence-corrected chi connectivity index (χ3v) is 5.16. The zero-order valence-electron chi connectivity index (χ0n) is 15.2. The van der Waals surface area contributed by atoms with Crippen LogP contribution in [0.2, 0.25) is 0 Å². The van der Waals surface area contributed by atoms with Gasteiger partial charge in [-0.25, -0.2) is 4.39 Å². The van der Waals surface area contributed by atoms with E-state index in [1.807, 2.05) is 0 Å². The Morgan fingerprint density at radius 2 is 1.71 bits per heavy atom. The van der Waals surface area contributed by atoms with E-state index in [0.29, 0.717) is 37.2 Å². The normalized spacial score (nSPS) is 19.7. The van der Waals surface area contributed by atoms with Crippen molar-refractivity contribution in [2.24, 2.45) is 0 Å². The third-order valence-electron chi connectivity index (χ3n) is 5.16. The number of anilines is 1. The second-order valence-electron chi connectivity index (χ2n) is 6.94. The molecule has 2 aromatic rings. The van der Waals surface area contributed by atoms with Crippen molar-refractivity contribution in [2.75, 3.05) is 24.5 Å². The number of carbonyl (C=O) groups excluding carboxylic acids is 3. The lowest BCUT2D eigenvalue weighted by Crippen LogP contribution is -2.52. The van der Waals surface area contributed by atoms with Crippen molar-refractivity contribution in [3.63, 3.8) is 0 Å². The molecule has 4 rings (SSSR count). The number of amides is 3. The topological polar surface area (TPSA) is 69.7 Å². The zero-order chi connectivity index (χ0) is 19.7. The molecular weight excluding hydrogens is 361 g/mol. The average molecular weight is 381 g/mol. The molecule has 2 heterocycles. The lowest BCUT2D eigenvalue weighted by molar-refractivity contribution is -0.128. The van der Waals surface area contributed by atoms with Gasteiger partial charge < -0.3 is 15.1 Å². The van der Waals surface area contributed by atoms with Crippen molar-refractivity contribution < 1.29 is 18.8 Å². The summed E-state index contributed by atoms with van der Waals surface area (Å²) in [5, 5.41) is 2.76. The number of piperazine rings is 1.